The monoisotopic (exact) mass is 326 g/mol. The van der Waals surface area contributed by atoms with E-state index in [1.807, 2.05) is 30.3 Å². The molecule has 0 aromatic heterocycles. The van der Waals surface area contributed by atoms with Crippen LogP contribution < -0.4 is 19.5 Å². The second-order valence-electron chi connectivity index (χ2n) is 4.85. The zero-order valence-corrected chi connectivity index (χ0v) is 13.5. The van der Waals surface area contributed by atoms with Crippen molar-refractivity contribution in [3.05, 3.63) is 53.6 Å². The minimum atomic E-state index is -0.271. The van der Waals surface area contributed by atoms with Crippen LogP contribution in [0.1, 0.15) is 11.1 Å². The molecule has 0 spiro atoms. The van der Waals surface area contributed by atoms with Gasteiger partial charge in [-0.1, -0.05) is 18.2 Å². The molecule has 0 saturated carbocycles. The van der Waals surface area contributed by atoms with E-state index in [2.05, 4.69) is 5.32 Å². The normalized spacial score (nSPS) is 9.71. The first-order valence-electron chi connectivity index (χ1n) is 7.27. The van der Waals surface area contributed by atoms with Crippen molar-refractivity contribution in [2.45, 2.75) is 6.54 Å². The van der Waals surface area contributed by atoms with Crippen LogP contribution in [0.3, 0.4) is 0 Å². The van der Waals surface area contributed by atoms with E-state index in [9.17, 15) is 4.79 Å². The highest BCUT2D eigenvalue weighted by Gasteiger charge is 2.09. The Hall–Kier alpha value is -3.20. The van der Waals surface area contributed by atoms with Gasteiger partial charge in [0.05, 0.1) is 25.9 Å². The first-order valence-corrected chi connectivity index (χ1v) is 7.27. The molecule has 1 amide bonds. The minimum absolute atomic E-state index is 0.155. The zero-order valence-electron chi connectivity index (χ0n) is 13.5. The molecule has 24 heavy (non-hydrogen) atoms. The highest BCUT2D eigenvalue weighted by Crippen LogP contribution is 2.27. The third-order valence-electron chi connectivity index (χ3n) is 3.32. The quantitative estimate of drug-likeness (QED) is 0.844. The van der Waals surface area contributed by atoms with E-state index in [1.54, 1.807) is 25.3 Å². The summed E-state index contributed by atoms with van der Waals surface area (Å²) < 4.78 is 15.8. The number of nitriles is 1. The third kappa shape index (κ3) is 4.40. The maximum atomic E-state index is 11.9. The molecule has 6 nitrogen and oxygen atoms in total. The van der Waals surface area contributed by atoms with Crippen LogP contribution in [-0.2, 0) is 11.3 Å². The fourth-order valence-electron chi connectivity index (χ4n) is 2.09. The molecular formula is C18H18N2O4. The number of methoxy groups -OCH3 is 2. The standard InChI is InChI=1S/C18H18N2O4/c1-22-15-6-4-3-5-14(15)11-20-18(21)12-24-16-8-7-13(10-19)9-17(16)23-2/h3-9H,11-12H2,1-2H3,(H,20,21). The van der Waals surface area contributed by atoms with Gasteiger partial charge < -0.3 is 19.5 Å². The predicted octanol–water partition coefficient (Wildman–Crippen LogP) is 2.27. The van der Waals surface area contributed by atoms with E-state index in [0.29, 0.717) is 29.4 Å². The Morgan fingerprint density at radius 2 is 1.83 bits per heavy atom. The van der Waals surface area contributed by atoms with Gasteiger partial charge in [-0.2, -0.15) is 5.26 Å². The van der Waals surface area contributed by atoms with E-state index in [4.69, 9.17) is 19.5 Å². The summed E-state index contributed by atoms with van der Waals surface area (Å²) in [6.45, 7) is 0.189. The Kier molecular flexibility index (Phi) is 6.03. The minimum Gasteiger partial charge on any atom is -0.496 e. The van der Waals surface area contributed by atoms with Crippen molar-refractivity contribution in [3.8, 4) is 23.3 Å². The molecule has 0 fully saturated rings. The van der Waals surface area contributed by atoms with E-state index in [0.717, 1.165) is 5.56 Å². The van der Waals surface area contributed by atoms with Gasteiger partial charge in [0, 0.05) is 18.2 Å². The van der Waals surface area contributed by atoms with Crippen LogP contribution in [0.25, 0.3) is 0 Å². The van der Waals surface area contributed by atoms with Crippen LogP contribution in [0, 0.1) is 11.3 Å². The summed E-state index contributed by atoms with van der Waals surface area (Å²) in [5.41, 5.74) is 1.34. The van der Waals surface area contributed by atoms with Crippen molar-refractivity contribution in [1.82, 2.24) is 5.32 Å². The molecule has 0 aliphatic rings. The van der Waals surface area contributed by atoms with Crippen molar-refractivity contribution in [2.24, 2.45) is 0 Å². The molecule has 0 heterocycles. The summed E-state index contributed by atoms with van der Waals surface area (Å²) >= 11 is 0. The molecule has 2 aromatic carbocycles. The van der Waals surface area contributed by atoms with Crippen molar-refractivity contribution in [1.29, 1.82) is 5.26 Å². The number of carbonyl (C=O) groups is 1. The molecule has 0 atom stereocenters. The lowest BCUT2D eigenvalue weighted by atomic mass is 10.2. The fraction of sp³-hybridized carbons (Fsp3) is 0.222. The van der Waals surface area contributed by atoms with Crippen molar-refractivity contribution < 1.29 is 19.0 Å². The number of carbonyl (C=O) groups excluding carboxylic acids is 1. The smallest absolute Gasteiger partial charge is 0.258 e. The summed E-state index contributed by atoms with van der Waals surface area (Å²) in [5, 5.41) is 11.6. The summed E-state index contributed by atoms with van der Waals surface area (Å²) in [6.07, 6.45) is 0. The van der Waals surface area contributed by atoms with E-state index < -0.39 is 0 Å². The van der Waals surface area contributed by atoms with Crippen LogP contribution in [0.5, 0.6) is 17.2 Å². The number of hydrogen-bond acceptors (Lipinski definition) is 5. The van der Waals surface area contributed by atoms with Gasteiger partial charge in [0.1, 0.15) is 5.75 Å². The van der Waals surface area contributed by atoms with Crippen LogP contribution in [-0.4, -0.2) is 26.7 Å². The Morgan fingerprint density at radius 1 is 1.08 bits per heavy atom. The number of para-hydroxylation sites is 1. The molecule has 0 radical (unpaired) electrons. The molecule has 6 heteroatoms. The summed E-state index contributed by atoms with van der Waals surface area (Å²) in [7, 11) is 3.06. The van der Waals surface area contributed by atoms with Gasteiger partial charge >= 0.3 is 0 Å². The average Bonchev–Trinajstić information content (AvgIpc) is 2.64. The van der Waals surface area contributed by atoms with Crippen LogP contribution in [0.15, 0.2) is 42.5 Å². The van der Waals surface area contributed by atoms with Gasteiger partial charge in [-0.25, -0.2) is 0 Å². The number of nitrogens with zero attached hydrogens (tertiary/aromatic N) is 1. The topological polar surface area (TPSA) is 80.6 Å². The van der Waals surface area contributed by atoms with E-state index in [1.165, 1.54) is 7.11 Å². The average molecular weight is 326 g/mol. The van der Waals surface area contributed by atoms with Gasteiger partial charge in [0.2, 0.25) is 0 Å². The fourth-order valence-corrected chi connectivity index (χ4v) is 2.09. The molecule has 0 aliphatic carbocycles. The van der Waals surface area contributed by atoms with Gasteiger partial charge in [-0.05, 0) is 18.2 Å². The molecule has 0 saturated heterocycles. The molecule has 124 valence electrons. The Labute approximate surface area is 140 Å². The van der Waals surface area contributed by atoms with Crippen LogP contribution in [0.2, 0.25) is 0 Å². The maximum absolute atomic E-state index is 11.9. The molecule has 0 unspecified atom stereocenters. The van der Waals surface area contributed by atoms with Crippen molar-refractivity contribution in [3.63, 3.8) is 0 Å². The Bertz CT molecular complexity index is 753. The third-order valence-corrected chi connectivity index (χ3v) is 3.32. The largest absolute Gasteiger partial charge is 0.496 e. The van der Waals surface area contributed by atoms with Crippen LogP contribution in [0.4, 0.5) is 0 Å². The van der Waals surface area contributed by atoms with E-state index in [-0.39, 0.29) is 12.5 Å². The number of rotatable bonds is 7. The summed E-state index contributed by atoms with van der Waals surface area (Å²) in [5.74, 6) is 1.26. The lowest BCUT2D eigenvalue weighted by Crippen LogP contribution is -2.28. The number of nitrogens with one attached hydrogen (secondary N) is 1. The number of amides is 1. The van der Waals surface area contributed by atoms with Gasteiger partial charge in [-0.15, -0.1) is 0 Å². The van der Waals surface area contributed by atoms with Gasteiger partial charge in [0.15, 0.2) is 18.1 Å². The number of benzene rings is 2. The number of ether oxygens (including phenoxy) is 3. The lowest BCUT2D eigenvalue weighted by Gasteiger charge is -2.12. The molecule has 1 N–H and O–H groups in total. The molecule has 0 bridgehead atoms. The second-order valence-corrected chi connectivity index (χ2v) is 4.85. The lowest BCUT2D eigenvalue weighted by molar-refractivity contribution is -0.123. The summed E-state index contributed by atoms with van der Waals surface area (Å²) in [6, 6.07) is 14.2. The van der Waals surface area contributed by atoms with Crippen LogP contribution >= 0.6 is 0 Å². The number of hydrogen-bond donors (Lipinski definition) is 1. The van der Waals surface area contributed by atoms with Gasteiger partial charge in [-0.3, -0.25) is 4.79 Å². The van der Waals surface area contributed by atoms with Gasteiger partial charge in [0.25, 0.3) is 5.91 Å². The highest BCUT2D eigenvalue weighted by atomic mass is 16.5. The SMILES string of the molecule is COc1ccccc1CNC(=O)COc1ccc(C#N)cc1OC. The Balaban J connectivity index is 1.91. The Morgan fingerprint density at radius 3 is 2.54 bits per heavy atom. The van der Waals surface area contributed by atoms with Crippen molar-refractivity contribution >= 4 is 5.91 Å². The molecular weight excluding hydrogens is 308 g/mol. The van der Waals surface area contributed by atoms with Crippen molar-refractivity contribution in [2.75, 3.05) is 20.8 Å². The molecule has 2 rings (SSSR count). The zero-order chi connectivity index (χ0) is 17.4. The van der Waals surface area contributed by atoms with E-state index >= 15 is 0 Å². The summed E-state index contributed by atoms with van der Waals surface area (Å²) in [4.78, 5) is 11.9. The maximum Gasteiger partial charge on any atom is 0.258 e. The first kappa shape index (κ1) is 17.2. The second kappa shape index (κ2) is 8.44. The first-order chi connectivity index (χ1) is 11.7. The molecule has 0 aliphatic heterocycles. The predicted molar refractivity (Wildman–Crippen MR) is 88.0 cm³/mol. The highest BCUT2D eigenvalue weighted by molar-refractivity contribution is 5.77. The molecule has 2 aromatic rings.